The van der Waals surface area contributed by atoms with E-state index in [0.717, 1.165) is 57.3 Å². The summed E-state index contributed by atoms with van der Waals surface area (Å²) in [6.07, 6.45) is 4.92. The van der Waals surface area contributed by atoms with E-state index in [1.807, 2.05) is 20.8 Å². The van der Waals surface area contributed by atoms with E-state index >= 15 is 0 Å². The minimum atomic E-state index is -0.654. The second kappa shape index (κ2) is 12.0. The van der Waals surface area contributed by atoms with E-state index in [1.54, 1.807) is 4.90 Å². The highest BCUT2D eigenvalue weighted by molar-refractivity contribution is 5.87. The molecule has 2 saturated heterocycles. The molecule has 3 fully saturated rings. The summed E-state index contributed by atoms with van der Waals surface area (Å²) < 4.78 is 5.61. The molecule has 2 bridgehead atoms. The summed E-state index contributed by atoms with van der Waals surface area (Å²) in [7, 11) is 0. The Bertz CT molecular complexity index is 1210. The van der Waals surface area contributed by atoms with Crippen LogP contribution in [0.25, 0.3) is 0 Å². The van der Waals surface area contributed by atoms with E-state index in [1.165, 1.54) is 11.1 Å². The molecule has 0 spiro atoms. The van der Waals surface area contributed by atoms with Gasteiger partial charge in [0.2, 0.25) is 5.91 Å². The van der Waals surface area contributed by atoms with Crippen LogP contribution in [0.2, 0.25) is 0 Å². The van der Waals surface area contributed by atoms with Crippen LogP contribution in [0.3, 0.4) is 0 Å². The maximum Gasteiger partial charge on any atom is 0.411 e. The van der Waals surface area contributed by atoms with Crippen molar-refractivity contribution in [1.82, 2.24) is 15.1 Å². The molecule has 40 heavy (non-hydrogen) atoms. The van der Waals surface area contributed by atoms with Gasteiger partial charge in [-0.2, -0.15) is 5.26 Å². The number of rotatable bonds is 7. The van der Waals surface area contributed by atoms with Crippen LogP contribution in [-0.4, -0.2) is 58.6 Å². The molecule has 2 aliphatic heterocycles. The zero-order valence-corrected chi connectivity index (χ0v) is 24.0. The smallest absolute Gasteiger partial charge is 0.411 e. The number of benzene rings is 2. The van der Waals surface area contributed by atoms with Crippen LogP contribution in [0.5, 0.6) is 0 Å². The molecule has 7 heteroatoms. The van der Waals surface area contributed by atoms with Gasteiger partial charge in [-0.15, -0.1) is 0 Å². The highest BCUT2D eigenvalue weighted by Gasteiger charge is 2.52. The topological polar surface area (TPSA) is 85.7 Å². The second-order valence-corrected chi connectivity index (χ2v) is 12.7. The summed E-state index contributed by atoms with van der Waals surface area (Å²) in [6, 6.07) is 20.3. The molecule has 2 aromatic rings. The number of likely N-dealkylation sites (tertiary alicyclic amines) is 2. The summed E-state index contributed by atoms with van der Waals surface area (Å²) >= 11 is 0. The third-order valence-electron chi connectivity index (χ3n) is 8.66. The first kappa shape index (κ1) is 28.2. The molecule has 4 atom stereocenters. The number of nitrogens with zero attached hydrogens (tertiary/aromatic N) is 3. The molecule has 3 aliphatic rings. The number of ether oxygens (including phenoxy) is 1. The first-order chi connectivity index (χ1) is 19.2. The van der Waals surface area contributed by atoms with E-state index in [-0.39, 0.29) is 17.9 Å². The molecule has 2 heterocycles. The SMILES string of the molecule is CC(C)(C)OC(=O)N1[C@@H]2CC[C@@H](C2)[C@H]1C(=O)N[C@H](C#N)Cc1ccc(C2CCN(Cc3ccccc3)CC2)cc1. The van der Waals surface area contributed by atoms with Gasteiger partial charge in [-0.3, -0.25) is 14.6 Å². The first-order valence-electron chi connectivity index (χ1n) is 14.8. The molecule has 0 unspecified atom stereocenters. The third-order valence-corrected chi connectivity index (χ3v) is 8.66. The summed E-state index contributed by atoms with van der Waals surface area (Å²) in [5.74, 6) is 0.419. The van der Waals surface area contributed by atoms with E-state index in [0.29, 0.717) is 12.3 Å². The normalized spacial score (nSPS) is 23.9. The second-order valence-electron chi connectivity index (χ2n) is 12.7. The Kier molecular flexibility index (Phi) is 8.46. The van der Waals surface area contributed by atoms with E-state index in [2.05, 4.69) is 70.9 Å². The number of amides is 2. The quantitative estimate of drug-likeness (QED) is 0.506. The van der Waals surface area contributed by atoms with E-state index in [4.69, 9.17) is 4.74 Å². The molecule has 1 N–H and O–H groups in total. The molecule has 0 aromatic heterocycles. The average molecular weight is 543 g/mol. The lowest BCUT2D eigenvalue weighted by Crippen LogP contribution is -2.55. The van der Waals surface area contributed by atoms with Crippen molar-refractivity contribution in [1.29, 1.82) is 5.26 Å². The van der Waals surface area contributed by atoms with Crippen molar-refractivity contribution in [2.45, 2.75) is 95.5 Å². The van der Waals surface area contributed by atoms with E-state index in [9.17, 15) is 14.9 Å². The van der Waals surface area contributed by atoms with Crippen LogP contribution in [0, 0.1) is 17.2 Å². The molecular formula is C33H42N4O3. The van der Waals surface area contributed by atoms with Crippen LogP contribution in [0.4, 0.5) is 4.79 Å². The number of hydrogen-bond donors (Lipinski definition) is 1. The fourth-order valence-corrected chi connectivity index (χ4v) is 6.72. The molecule has 2 aromatic carbocycles. The predicted octanol–water partition coefficient (Wildman–Crippen LogP) is 5.41. The van der Waals surface area contributed by atoms with Gasteiger partial charge in [0, 0.05) is 19.0 Å². The van der Waals surface area contributed by atoms with Gasteiger partial charge < -0.3 is 10.1 Å². The molecular weight excluding hydrogens is 500 g/mol. The molecule has 7 nitrogen and oxygen atoms in total. The average Bonchev–Trinajstić information content (AvgIpc) is 3.55. The number of fused-ring (bicyclic) bond motifs is 2. The predicted molar refractivity (Wildman–Crippen MR) is 154 cm³/mol. The van der Waals surface area contributed by atoms with Crippen LogP contribution in [-0.2, 0) is 22.5 Å². The summed E-state index contributed by atoms with van der Waals surface area (Å²) in [5, 5.41) is 12.8. The van der Waals surface area contributed by atoms with Gasteiger partial charge in [-0.25, -0.2) is 4.79 Å². The Morgan fingerprint density at radius 2 is 1.70 bits per heavy atom. The number of piperidine rings is 2. The highest BCUT2D eigenvalue weighted by atomic mass is 16.6. The largest absolute Gasteiger partial charge is 0.444 e. The van der Waals surface area contributed by atoms with Gasteiger partial charge in [0.15, 0.2) is 0 Å². The first-order valence-corrected chi connectivity index (χ1v) is 14.8. The van der Waals surface area contributed by atoms with Gasteiger partial charge in [-0.1, -0.05) is 54.6 Å². The lowest BCUT2D eigenvalue weighted by atomic mass is 9.88. The molecule has 212 valence electrons. The van der Waals surface area contributed by atoms with Crippen LogP contribution >= 0.6 is 0 Å². The fourth-order valence-electron chi connectivity index (χ4n) is 6.72. The maximum absolute atomic E-state index is 13.4. The molecule has 2 amide bonds. The third kappa shape index (κ3) is 6.67. The van der Waals surface area contributed by atoms with Crippen molar-refractivity contribution < 1.29 is 14.3 Å². The summed E-state index contributed by atoms with van der Waals surface area (Å²) in [6.45, 7) is 8.69. The Morgan fingerprint density at radius 3 is 2.35 bits per heavy atom. The Balaban J connectivity index is 1.14. The van der Waals surface area contributed by atoms with Crippen molar-refractivity contribution in [3.05, 3.63) is 71.3 Å². The number of nitriles is 1. The van der Waals surface area contributed by atoms with Crippen molar-refractivity contribution in [2.75, 3.05) is 13.1 Å². The number of nitrogens with one attached hydrogen (secondary N) is 1. The zero-order valence-electron chi connectivity index (χ0n) is 24.0. The summed E-state index contributed by atoms with van der Waals surface area (Å²) in [4.78, 5) is 30.4. The Morgan fingerprint density at radius 1 is 1.00 bits per heavy atom. The van der Waals surface area contributed by atoms with Crippen molar-refractivity contribution in [2.24, 2.45) is 5.92 Å². The maximum atomic E-state index is 13.4. The standard InChI is InChI=1S/C33H42N4O3/c1-33(2,3)40-32(39)37-29-14-13-27(20-29)30(37)31(38)35-28(21-34)19-23-9-11-25(12-10-23)26-15-17-36(18-16-26)22-24-7-5-4-6-8-24/h4-12,26-30H,13-20,22H2,1-3H3,(H,35,38)/t27-,28-,29+,30-/m0/s1. The lowest BCUT2D eigenvalue weighted by Gasteiger charge is -2.35. The van der Waals surface area contributed by atoms with Gasteiger partial charge in [0.25, 0.3) is 0 Å². The number of carbonyl (C=O) groups is 2. The molecule has 5 rings (SSSR count). The molecule has 1 saturated carbocycles. The van der Waals surface area contributed by atoms with Crippen LogP contribution in [0.1, 0.15) is 75.5 Å². The highest BCUT2D eigenvalue weighted by Crippen LogP contribution is 2.43. The van der Waals surface area contributed by atoms with Crippen LogP contribution < -0.4 is 5.32 Å². The Hall–Kier alpha value is -3.37. The number of carbonyl (C=O) groups excluding carboxylic acids is 2. The van der Waals surface area contributed by atoms with Crippen molar-refractivity contribution in [3.8, 4) is 6.07 Å². The molecule has 1 aliphatic carbocycles. The van der Waals surface area contributed by atoms with Gasteiger partial charge in [0.05, 0.1) is 6.07 Å². The minimum absolute atomic E-state index is 0.0360. The monoisotopic (exact) mass is 542 g/mol. The fraction of sp³-hybridized carbons (Fsp3) is 0.545. The number of hydrogen-bond acceptors (Lipinski definition) is 5. The lowest BCUT2D eigenvalue weighted by molar-refractivity contribution is -0.128. The van der Waals surface area contributed by atoms with Gasteiger partial charge >= 0.3 is 6.09 Å². The van der Waals surface area contributed by atoms with Gasteiger partial charge in [0.1, 0.15) is 17.7 Å². The van der Waals surface area contributed by atoms with Crippen molar-refractivity contribution >= 4 is 12.0 Å². The van der Waals surface area contributed by atoms with Crippen LogP contribution in [0.15, 0.2) is 54.6 Å². The zero-order chi connectivity index (χ0) is 28.3. The van der Waals surface area contributed by atoms with Crippen molar-refractivity contribution in [3.63, 3.8) is 0 Å². The Labute approximate surface area is 238 Å². The minimum Gasteiger partial charge on any atom is -0.444 e. The van der Waals surface area contributed by atoms with E-state index < -0.39 is 23.8 Å². The summed E-state index contributed by atoms with van der Waals surface area (Å²) in [5.41, 5.74) is 3.10. The molecule has 0 radical (unpaired) electrons. The van der Waals surface area contributed by atoms with Gasteiger partial charge in [-0.05, 0) is 94.5 Å².